The van der Waals surface area contributed by atoms with Crippen LogP contribution in [0.5, 0.6) is 5.88 Å². The SMILES string of the molecule is CCCOc1ccc(CN=C(NCC)N2CCC(OCC3CCCCO3)CC2)cn1.I. The van der Waals surface area contributed by atoms with E-state index >= 15 is 0 Å². The van der Waals surface area contributed by atoms with Crippen LogP contribution in [-0.2, 0) is 16.0 Å². The first-order valence-electron chi connectivity index (χ1n) is 11.6. The van der Waals surface area contributed by atoms with Gasteiger partial charge in [-0.05, 0) is 51.0 Å². The molecule has 0 radical (unpaired) electrons. The lowest BCUT2D eigenvalue weighted by molar-refractivity contribution is -0.0721. The summed E-state index contributed by atoms with van der Waals surface area (Å²) >= 11 is 0. The summed E-state index contributed by atoms with van der Waals surface area (Å²) in [5.41, 5.74) is 1.08. The highest BCUT2D eigenvalue weighted by molar-refractivity contribution is 14.0. The van der Waals surface area contributed by atoms with Gasteiger partial charge in [-0.25, -0.2) is 9.98 Å². The number of pyridine rings is 1. The maximum absolute atomic E-state index is 6.15. The molecule has 2 saturated heterocycles. The molecule has 1 unspecified atom stereocenters. The van der Waals surface area contributed by atoms with Crippen LogP contribution in [0.1, 0.15) is 57.9 Å². The molecule has 0 spiro atoms. The predicted octanol–water partition coefficient (Wildman–Crippen LogP) is 4.00. The maximum atomic E-state index is 6.15. The van der Waals surface area contributed by atoms with Gasteiger partial charge in [-0.2, -0.15) is 0 Å². The molecule has 0 bridgehead atoms. The Kier molecular flexibility index (Phi) is 12.5. The Morgan fingerprint density at radius 2 is 2.06 bits per heavy atom. The van der Waals surface area contributed by atoms with Crippen LogP contribution < -0.4 is 10.1 Å². The second-order valence-electron chi connectivity index (χ2n) is 8.03. The molecule has 1 aromatic heterocycles. The van der Waals surface area contributed by atoms with Crippen LogP contribution in [0, 0.1) is 0 Å². The Labute approximate surface area is 204 Å². The number of aliphatic imine (C=N–C) groups is 1. The molecule has 3 heterocycles. The Bertz CT molecular complexity index is 630. The van der Waals surface area contributed by atoms with Crippen LogP contribution in [0.15, 0.2) is 23.3 Å². The van der Waals surface area contributed by atoms with Crippen molar-refractivity contribution in [3.05, 3.63) is 23.9 Å². The van der Waals surface area contributed by atoms with Crippen molar-refractivity contribution in [2.24, 2.45) is 4.99 Å². The second-order valence-corrected chi connectivity index (χ2v) is 8.03. The molecule has 31 heavy (non-hydrogen) atoms. The monoisotopic (exact) mass is 546 g/mol. The van der Waals surface area contributed by atoms with E-state index in [4.69, 9.17) is 19.2 Å². The van der Waals surface area contributed by atoms with Gasteiger partial charge in [0.05, 0.1) is 32.0 Å². The van der Waals surface area contributed by atoms with E-state index in [0.717, 1.165) is 70.1 Å². The van der Waals surface area contributed by atoms with Crippen LogP contribution >= 0.6 is 24.0 Å². The lowest BCUT2D eigenvalue weighted by atomic mass is 10.1. The van der Waals surface area contributed by atoms with Gasteiger partial charge in [-0.3, -0.25) is 0 Å². The Morgan fingerprint density at radius 1 is 1.23 bits per heavy atom. The van der Waals surface area contributed by atoms with Crippen LogP contribution in [-0.4, -0.2) is 67.5 Å². The zero-order valence-corrected chi connectivity index (χ0v) is 21.4. The molecule has 0 amide bonds. The molecule has 7 nitrogen and oxygen atoms in total. The molecule has 0 aliphatic carbocycles. The molecule has 2 aliphatic heterocycles. The molecule has 0 aromatic carbocycles. The molecular formula is C23H39IN4O3. The molecule has 2 aliphatic rings. The first kappa shape index (κ1) is 26.1. The van der Waals surface area contributed by atoms with Crippen LogP contribution in [0.2, 0.25) is 0 Å². The Morgan fingerprint density at radius 3 is 2.71 bits per heavy atom. The van der Waals surface area contributed by atoms with Crippen molar-refractivity contribution in [1.82, 2.24) is 15.2 Å². The van der Waals surface area contributed by atoms with Crippen molar-refractivity contribution in [3.8, 4) is 5.88 Å². The summed E-state index contributed by atoms with van der Waals surface area (Å²) in [5.74, 6) is 1.65. The van der Waals surface area contributed by atoms with Crippen molar-refractivity contribution in [1.29, 1.82) is 0 Å². The van der Waals surface area contributed by atoms with Crippen molar-refractivity contribution >= 4 is 29.9 Å². The summed E-state index contributed by atoms with van der Waals surface area (Å²) in [6.07, 6.45) is 9.10. The van der Waals surface area contributed by atoms with Gasteiger partial charge < -0.3 is 24.4 Å². The number of hydrogen-bond acceptors (Lipinski definition) is 5. The quantitative estimate of drug-likeness (QED) is 0.287. The minimum Gasteiger partial charge on any atom is -0.478 e. The zero-order chi connectivity index (χ0) is 21.0. The second kappa shape index (κ2) is 14.8. The molecule has 8 heteroatoms. The highest BCUT2D eigenvalue weighted by Crippen LogP contribution is 2.18. The third-order valence-electron chi connectivity index (χ3n) is 5.53. The third-order valence-corrected chi connectivity index (χ3v) is 5.53. The summed E-state index contributed by atoms with van der Waals surface area (Å²) < 4.78 is 17.5. The van der Waals surface area contributed by atoms with Crippen molar-refractivity contribution in [3.63, 3.8) is 0 Å². The number of rotatable bonds is 9. The predicted molar refractivity (Wildman–Crippen MR) is 134 cm³/mol. The third kappa shape index (κ3) is 9.10. The van der Waals surface area contributed by atoms with Gasteiger partial charge in [0.1, 0.15) is 0 Å². The number of nitrogens with zero attached hydrogens (tertiary/aromatic N) is 3. The first-order valence-corrected chi connectivity index (χ1v) is 11.6. The Balaban J connectivity index is 0.00000341. The fourth-order valence-electron chi connectivity index (χ4n) is 3.80. The lowest BCUT2D eigenvalue weighted by Crippen LogP contribution is -2.47. The van der Waals surface area contributed by atoms with E-state index in [1.807, 2.05) is 18.3 Å². The smallest absolute Gasteiger partial charge is 0.213 e. The summed E-state index contributed by atoms with van der Waals surface area (Å²) in [6.45, 7) is 9.91. The van der Waals surface area contributed by atoms with E-state index in [1.165, 1.54) is 12.8 Å². The van der Waals surface area contributed by atoms with E-state index in [9.17, 15) is 0 Å². The average Bonchev–Trinajstić information content (AvgIpc) is 2.81. The number of nitrogens with one attached hydrogen (secondary N) is 1. The van der Waals surface area contributed by atoms with E-state index in [0.29, 0.717) is 31.2 Å². The van der Waals surface area contributed by atoms with E-state index < -0.39 is 0 Å². The van der Waals surface area contributed by atoms with Gasteiger partial charge in [0.15, 0.2) is 5.96 Å². The number of halogens is 1. The van der Waals surface area contributed by atoms with E-state index in [-0.39, 0.29) is 24.0 Å². The summed E-state index contributed by atoms with van der Waals surface area (Å²) in [5, 5.41) is 3.43. The molecule has 0 saturated carbocycles. The topological polar surface area (TPSA) is 68.2 Å². The minimum absolute atomic E-state index is 0. The average molecular weight is 546 g/mol. The Hall–Kier alpha value is -1.13. The van der Waals surface area contributed by atoms with Crippen molar-refractivity contribution in [2.75, 3.05) is 39.5 Å². The van der Waals surface area contributed by atoms with Crippen LogP contribution in [0.25, 0.3) is 0 Å². The van der Waals surface area contributed by atoms with E-state index in [1.54, 1.807) is 0 Å². The normalized spacial score (nSPS) is 20.3. The van der Waals surface area contributed by atoms with Gasteiger partial charge in [-0.1, -0.05) is 13.0 Å². The molecule has 1 N–H and O–H groups in total. The number of ether oxygens (including phenoxy) is 3. The number of likely N-dealkylation sites (tertiary alicyclic amines) is 1. The number of piperidine rings is 1. The summed E-state index contributed by atoms with van der Waals surface area (Å²) in [7, 11) is 0. The zero-order valence-electron chi connectivity index (χ0n) is 19.1. The largest absolute Gasteiger partial charge is 0.478 e. The first-order chi connectivity index (χ1) is 14.8. The van der Waals surface area contributed by atoms with E-state index in [2.05, 4.69) is 29.0 Å². The molecule has 1 aromatic rings. The highest BCUT2D eigenvalue weighted by Gasteiger charge is 2.23. The standard InChI is InChI=1S/C23H38N4O3.HI/c1-3-14-29-22-9-8-19(16-25-22)17-26-23(24-4-2)27-12-10-20(11-13-27)30-18-21-7-5-6-15-28-21;/h8-9,16,20-21H,3-7,10-15,17-18H2,1-2H3,(H,24,26);1H. The fraction of sp³-hybridized carbons (Fsp3) is 0.739. The number of aromatic nitrogens is 1. The summed E-state index contributed by atoms with van der Waals surface area (Å²) in [4.78, 5) is 11.5. The van der Waals surface area contributed by atoms with Gasteiger partial charge in [-0.15, -0.1) is 24.0 Å². The minimum atomic E-state index is 0. The lowest BCUT2D eigenvalue weighted by Gasteiger charge is -2.35. The number of guanidine groups is 1. The van der Waals surface area contributed by atoms with Crippen molar-refractivity contribution < 1.29 is 14.2 Å². The fourth-order valence-corrected chi connectivity index (χ4v) is 3.80. The highest BCUT2D eigenvalue weighted by atomic mass is 127. The number of hydrogen-bond donors (Lipinski definition) is 1. The molecular weight excluding hydrogens is 507 g/mol. The molecule has 2 fully saturated rings. The van der Waals surface area contributed by atoms with Crippen LogP contribution in [0.4, 0.5) is 0 Å². The molecule has 176 valence electrons. The molecule has 3 rings (SSSR count). The van der Waals surface area contributed by atoms with Gasteiger partial charge in [0.25, 0.3) is 0 Å². The van der Waals surface area contributed by atoms with Gasteiger partial charge >= 0.3 is 0 Å². The maximum Gasteiger partial charge on any atom is 0.213 e. The van der Waals surface area contributed by atoms with Crippen LogP contribution in [0.3, 0.4) is 0 Å². The van der Waals surface area contributed by atoms with Gasteiger partial charge in [0, 0.05) is 38.5 Å². The summed E-state index contributed by atoms with van der Waals surface area (Å²) in [6, 6.07) is 3.96. The van der Waals surface area contributed by atoms with Crippen molar-refractivity contribution in [2.45, 2.75) is 71.1 Å². The van der Waals surface area contributed by atoms with Gasteiger partial charge in [0.2, 0.25) is 5.88 Å². The molecule has 1 atom stereocenters.